The number of hydrogen-bond acceptors (Lipinski definition) is 3. The van der Waals surface area contributed by atoms with Crippen LogP contribution in [0.2, 0.25) is 0 Å². The molecule has 0 saturated heterocycles. The zero-order chi connectivity index (χ0) is 39.9. The van der Waals surface area contributed by atoms with Gasteiger partial charge < -0.3 is 4.57 Å². The molecule has 2 heterocycles. The highest BCUT2D eigenvalue weighted by Gasteiger charge is 2.38. The fourth-order valence-corrected chi connectivity index (χ4v) is 9.43. The van der Waals surface area contributed by atoms with Crippen LogP contribution in [0.25, 0.3) is 94.3 Å². The number of benzene rings is 8. The van der Waals surface area contributed by atoms with Crippen LogP contribution >= 0.6 is 0 Å². The number of fused-ring (bicyclic) bond motifs is 7. The monoisotopic (exact) mass is 760 g/mol. The summed E-state index contributed by atoms with van der Waals surface area (Å²) in [5, 5.41) is 7.34. The molecule has 0 bridgehead atoms. The van der Waals surface area contributed by atoms with Crippen molar-refractivity contribution in [3.63, 3.8) is 0 Å². The molecule has 0 unspecified atom stereocenters. The van der Waals surface area contributed by atoms with Gasteiger partial charge in [-0.25, -0.2) is 15.0 Å². The summed E-state index contributed by atoms with van der Waals surface area (Å²) >= 11 is 0. The zero-order valence-corrected chi connectivity index (χ0v) is 33.9. The van der Waals surface area contributed by atoms with Crippen molar-refractivity contribution in [3.8, 4) is 51.0 Å². The Bertz CT molecular complexity index is 3270. The summed E-state index contributed by atoms with van der Waals surface area (Å²) in [5.41, 5.74) is 11.9. The lowest BCUT2D eigenvalue weighted by molar-refractivity contribution is 0.332. The van der Waals surface area contributed by atoms with Crippen LogP contribution < -0.4 is 0 Å². The molecule has 59 heavy (non-hydrogen) atoms. The third-order valence-electron chi connectivity index (χ3n) is 12.9. The van der Waals surface area contributed by atoms with Gasteiger partial charge in [0.2, 0.25) is 0 Å². The Kier molecular flexibility index (Phi) is 7.96. The normalized spacial score (nSPS) is 14.6. The first-order chi connectivity index (χ1) is 28.7. The van der Waals surface area contributed by atoms with Crippen molar-refractivity contribution in [2.45, 2.75) is 51.4 Å². The molecule has 4 heteroatoms. The smallest absolute Gasteiger partial charge is 0.164 e. The van der Waals surface area contributed by atoms with Gasteiger partial charge >= 0.3 is 0 Å². The minimum absolute atomic E-state index is 0.0757. The number of hydrogen-bond donors (Lipinski definition) is 0. The molecule has 0 aliphatic heterocycles. The van der Waals surface area contributed by atoms with E-state index in [1.807, 2.05) is 18.2 Å². The Hall–Kier alpha value is -6.91. The molecule has 8 aromatic carbocycles. The van der Waals surface area contributed by atoms with Gasteiger partial charge in [0.15, 0.2) is 17.5 Å². The maximum atomic E-state index is 5.23. The molecular weight excluding hydrogens is 717 g/mol. The molecule has 4 nitrogen and oxygen atoms in total. The second-order valence-corrected chi connectivity index (χ2v) is 17.6. The van der Waals surface area contributed by atoms with Gasteiger partial charge in [-0.05, 0) is 98.5 Å². The lowest BCUT2D eigenvalue weighted by Gasteiger charge is -2.42. The Morgan fingerprint density at radius 3 is 1.64 bits per heavy atom. The van der Waals surface area contributed by atoms with Gasteiger partial charge in [0.05, 0.1) is 11.0 Å². The largest absolute Gasteiger partial charge is 0.309 e. The first kappa shape index (κ1) is 35.3. The molecule has 11 rings (SSSR count). The highest BCUT2D eigenvalue weighted by Crippen LogP contribution is 2.49. The van der Waals surface area contributed by atoms with Crippen LogP contribution in [0.5, 0.6) is 0 Å². The molecule has 0 saturated carbocycles. The molecule has 1 aliphatic rings. The summed E-state index contributed by atoms with van der Waals surface area (Å²) in [6.45, 7) is 9.65. The van der Waals surface area contributed by atoms with E-state index in [1.165, 1.54) is 66.6 Å². The lowest BCUT2D eigenvalue weighted by Crippen LogP contribution is -2.33. The molecule has 10 aromatic rings. The molecule has 0 amide bonds. The van der Waals surface area contributed by atoms with Crippen LogP contribution in [-0.4, -0.2) is 19.5 Å². The van der Waals surface area contributed by atoms with E-state index in [0.717, 1.165) is 34.2 Å². The van der Waals surface area contributed by atoms with Crippen LogP contribution in [0.3, 0.4) is 0 Å². The van der Waals surface area contributed by atoms with Gasteiger partial charge in [0.1, 0.15) is 0 Å². The van der Waals surface area contributed by atoms with Crippen LogP contribution in [0.1, 0.15) is 51.7 Å². The topological polar surface area (TPSA) is 43.6 Å². The first-order valence-corrected chi connectivity index (χ1v) is 20.7. The number of rotatable bonds is 5. The van der Waals surface area contributed by atoms with Gasteiger partial charge in [0.25, 0.3) is 0 Å². The molecule has 0 N–H and O–H groups in total. The van der Waals surface area contributed by atoms with Gasteiger partial charge in [-0.15, -0.1) is 0 Å². The average molecular weight is 761 g/mol. The average Bonchev–Trinajstić information content (AvgIpc) is 3.62. The molecule has 0 fully saturated rings. The van der Waals surface area contributed by atoms with E-state index >= 15 is 0 Å². The van der Waals surface area contributed by atoms with Gasteiger partial charge in [-0.3, -0.25) is 0 Å². The van der Waals surface area contributed by atoms with E-state index in [9.17, 15) is 0 Å². The molecule has 2 aromatic heterocycles. The fourth-order valence-electron chi connectivity index (χ4n) is 9.43. The lowest BCUT2D eigenvalue weighted by atomic mass is 9.63. The van der Waals surface area contributed by atoms with Gasteiger partial charge in [-0.2, -0.15) is 0 Å². The zero-order valence-electron chi connectivity index (χ0n) is 33.9. The van der Waals surface area contributed by atoms with Crippen molar-refractivity contribution in [3.05, 3.63) is 181 Å². The van der Waals surface area contributed by atoms with Crippen LogP contribution in [0, 0.1) is 0 Å². The maximum absolute atomic E-state index is 5.23. The SMILES string of the molecule is CC1(C)CCC(C)(C)c2cc3c(cc21)c1ccc2ccccc2c1n3-c1cccc(-c2nc(-c3ccccc3)nc(-c3ccc4cc(-c5ccccc5)ccc4c3)n2)c1. The van der Waals surface area contributed by atoms with Crippen molar-refractivity contribution < 1.29 is 0 Å². The van der Waals surface area contributed by atoms with Crippen LogP contribution in [-0.2, 0) is 10.8 Å². The van der Waals surface area contributed by atoms with E-state index in [-0.39, 0.29) is 10.8 Å². The van der Waals surface area contributed by atoms with Crippen molar-refractivity contribution in [2.75, 3.05) is 0 Å². The summed E-state index contributed by atoms with van der Waals surface area (Å²) < 4.78 is 2.49. The minimum atomic E-state index is 0.0757. The van der Waals surface area contributed by atoms with Crippen molar-refractivity contribution >= 4 is 43.4 Å². The molecule has 0 atom stereocenters. The van der Waals surface area contributed by atoms with E-state index in [2.05, 4.69) is 184 Å². The predicted molar refractivity (Wildman–Crippen MR) is 246 cm³/mol. The molecule has 284 valence electrons. The third-order valence-corrected chi connectivity index (χ3v) is 12.9. The minimum Gasteiger partial charge on any atom is -0.309 e. The van der Waals surface area contributed by atoms with Crippen molar-refractivity contribution in [2.24, 2.45) is 0 Å². The van der Waals surface area contributed by atoms with Gasteiger partial charge in [0, 0.05) is 38.5 Å². The maximum Gasteiger partial charge on any atom is 0.164 e. The first-order valence-electron chi connectivity index (χ1n) is 20.7. The van der Waals surface area contributed by atoms with E-state index in [1.54, 1.807) is 0 Å². The van der Waals surface area contributed by atoms with E-state index < -0.39 is 0 Å². The fraction of sp³-hybridized carbons (Fsp3) is 0.145. The Morgan fingerprint density at radius 2 is 0.932 bits per heavy atom. The summed E-state index contributed by atoms with van der Waals surface area (Å²) in [6.07, 6.45) is 2.34. The quantitative estimate of drug-likeness (QED) is 0.175. The third kappa shape index (κ3) is 5.93. The Balaban J connectivity index is 1.11. The van der Waals surface area contributed by atoms with E-state index in [4.69, 9.17) is 15.0 Å². The summed E-state index contributed by atoms with van der Waals surface area (Å²) in [7, 11) is 0. The summed E-state index contributed by atoms with van der Waals surface area (Å²) in [4.78, 5) is 15.5. The highest BCUT2D eigenvalue weighted by molar-refractivity contribution is 6.19. The van der Waals surface area contributed by atoms with Gasteiger partial charge in [-0.1, -0.05) is 161 Å². The van der Waals surface area contributed by atoms with E-state index in [0.29, 0.717) is 17.5 Å². The molecule has 1 aliphatic carbocycles. The van der Waals surface area contributed by atoms with Crippen LogP contribution in [0.4, 0.5) is 0 Å². The Morgan fingerprint density at radius 1 is 0.390 bits per heavy atom. The number of nitrogens with zero attached hydrogens (tertiary/aromatic N) is 4. The predicted octanol–water partition coefficient (Wildman–Crippen LogP) is 14.3. The summed E-state index contributed by atoms with van der Waals surface area (Å²) in [5.74, 6) is 1.93. The standard InChI is InChI=1S/C55H44N4/c1-54(2)28-29-55(3,4)48-34-49-46(33-47(48)54)45-27-26-36-16-11-12-21-44(36)50(45)59(49)43-20-13-19-41(32-43)52-56-51(37-17-9-6-10-18-37)57-53(58-52)42-25-24-39-30-38(22-23-40(39)31-42)35-14-7-5-8-15-35/h5-27,30-34H,28-29H2,1-4H3. The second kappa shape index (κ2) is 13.3. The Labute approximate surface area is 344 Å². The molecule has 0 spiro atoms. The van der Waals surface area contributed by atoms with Crippen LogP contribution in [0.15, 0.2) is 170 Å². The van der Waals surface area contributed by atoms with Crippen molar-refractivity contribution in [1.82, 2.24) is 19.5 Å². The molecule has 0 radical (unpaired) electrons. The van der Waals surface area contributed by atoms with Crippen molar-refractivity contribution in [1.29, 1.82) is 0 Å². The highest BCUT2D eigenvalue weighted by atomic mass is 15.0. The number of aromatic nitrogens is 4. The molecular formula is C55H44N4. The second-order valence-electron chi connectivity index (χ2n) is 17.6. The summed E-state index contributed by atoms with van der Waals surface area (Å²) in [6, 6.07) is 61.0.